The maximum atomic E-state index is 10.6. The third kappa shape index (κ3) is 15.6. The summed E-state index contributed by atoms with van der Waals surface area (Å²) in [5.41, 5.74) is 0. The smallest absolute Gasteiger partial charge is 0.121 e. The summed E-state index contributed by atoms with van der Waals surface area (Å²) in [7, 11) is 0. The number of nitrogens with zero attached hydrogens (tertiary/aromatic N) is 1. The van der Waals surface area contributed by atoms with Crippen LogP contribution in [0.1, 0.15) is 124 Å². The highest BCUT2D eigenvalue weighted by Gasteiger charge is 2.14. The highest BCUT2D eigenvalue weighted by molar-refractivity contribution is 5.49. The monoisotopic (exact) mass is 353 g/mol. The van der Waals surface area contributed by atoms with Gasteiger partial charge in [-0.3, -0.25) is 0 Å². The minimum absolute atomic E-state index is 0.678. The number of rotatable bonds is 20. The van der Waals surface area contributed by atoms with E-state index in [1.165, 1.54) is 96.3 Å². The normalized spacial score (nSPS) is 12.6. The molecule has 0 aliphatic carbocycles. The van der Waals surface area contributed by atoms with Crippen LogP contribution in [0, 0.1) is 0 Å². The highest BCUT2D eigenvalue weighted by atomic mass is 16.1. The van der Waals surface area contributed by atoms with Crippen LogP contribution in [0.5, 0.6) is 0 Å². The summed E-state index contributed by atoms with van der Waals surface area (Å²) < 4.78 is 0. The molecule has 0 aromatic carbocycles. The molecule has 0 bridgehead atoms. The zero-order chi connectivity index (χ0) is 18.6. The van der Waals surface area contributed by atoms with Crippen LogP contribution in [0.4, 0.5) is 0 Å². The first kappa shape index (κ1) is 24.6. The summed E-state index contributed by atoms with van der Waals surface area (Å²) in [6.07, 6.45) is 22.8. The Morgan fingerprint density at radius 1 is 0.720 bits per heavy atom. The molecule has 0 aromatic heterocycles. The fourth-order valence-corrected chi connectivity index (χ4v) is 3.86. The van der Waals surface area contributed by atoms with Gasteiger partial charge in [0.05, 0.1) is 0 Å². The molecule has 0 amide bonds. The van der Waals surface area contributed by atoms with Crippen molar-refractivity contribution in [3.63, 3.8) is 0 Å². The van der Waals surface area contributed by atoms with Gasteiger partial charge in [-0.25, -0.2) is 0 Å². The molecule has 0 aliphatic rings. The van der Waals surface area contributed by atoms with Gasteiger partial charge in [0.15, 0.2) is 0 Å². The molecule has 0 saturated heterocycles. The Bertz CT molecular complexity index is 267. The Kier molecular flexibility index (Phi) is 19.7. The van der Waals surface area contributed by atoms with Gasteiger partial charge in [0.1, 0.15) is 6.29 Å². The standard InChI is InChI=1S/C23H47NO/c1-4-7-8-9-10-11-12-13-14-15-16-17-18-20-23(5-2)24(6-3)21-19-22-25/h22-23H,4-21H2,1-3H3. The Morgan fingerprint density at radius 3 is 1.60 bits per heavy atom. The first-order valence-electron chi connectivity index (χ1n) is 11.5. The molecule has 0 N–H and O–H groups in total. The van der Waals surface area contributed by atoms with Crippen molar-refractivity contribution >= 4 is 6.29 Å². The van der Waals surface area contributed by atoms with Crippen LogP contribution in [0.25, 0.3) is 0 Å². The van der Waals surface area contributed by atoms with Gasteiger partial charge in [-0.2, -0.15) is 0 Å². The lowest BCUT2D eigenvalue weighted by Gasteiger charge is -2.29. The summed E-state index contributed by atoms with van der Waals surface area (Å²) in [6.45, 7) is 8.81. The van der Waals surface area contributed by atoms with Crippen LogP contribution >= 0.6 is 0 Å². The molecule has 0 fully saturated rings. The average molecular weight is 354 g/mol. The molecule has 0 rings (SSSR count). The van der Waals surface area contributed by atoms with Crippen molar-refractivity contribution < 1.29 is 4.79 Å². The molecule has 150 valence electrons. The number of hydrogen-bond donors (Lipinski definition) is 0. The van der Waals surface area contributed by atoms with Crippen molar-refractivity contribution in [2.75, 3.05) is 13.1 Å². The van der Waals surface area contributed by atoms with E-state index in [1.54, 1.807) is 0 Å². The van der Waals surface area contributed by atoms with E-state index in [0.29, 0.717) is 12.5 Å². The summed E-state index contributed by atoms with van der Waals surface area (Å²) in [6, 6.07) is 0.678. The molecule has 1 atom stereocenters. The second kappa shape index (κ2) is 19.9. The van der Waals surface area contributed by atoms with E-state index in [9.17, 15) is 4.79 Å². The van der Waals surface area contributed by atoms with Crippen molar-refractivity contribution in [2.24, 2.45) is 0 Å². The predicted octanol–water partition coefficient (Wildman–Crippen LogP) is 7.16. The van der Waals surface area contributed by atoms with E-state index in [2.05, 4.69) is 25.7 Å². The van der Waals surface area contributed by atoms with Gasteiger partial charge in [0.2, 0.25) is 0 Å². The van der Waals surface area contributed by atoms with Crippen molar-refractivity contribution in [1.82, 2.24) is 4.90 Å². The van der Waals surface area contributed by atoms with E-state index < -0.39 is 0 Å². The van der Waals surface area contributed by atoms with E-state index in [1.807, 2.05) is 0 Å². The number of unbranched alkanes of at least 4 members (excludes halogenated alkanes) is 12. The Morgan fingerprint density at radius 2 is 1.20 bits per heavy atom. The second-order valence-electron chi connectivity index (χ2n) is 7.68. The van der Waals surface area contributed by atoms with Gasteiger partial charge in [-0.05, 0) is 19.4 Å². The Labute approximate surface area is 159 Å². The van der Waals surface area contributed by atoms with Crippen molar-refractivity contribution in [2.45, 2.75) is 130 Å². The number of aldehydes is 1. The molecule has 0 aliphatic heterocycles. The summed E-state index contributed by atoms with van der Waals surface area (Å²) in [4.78, 5) is 13.1. The lowest BCUT2D eigenvalue weighted by molar-refractivity contribution is -0.108. The van der Waals surface area contributed by atoms with E-state index in [4.69, 9.17) is 0 Å². The molecule has 2 heteroatoms. The zero-order valence-corrected chi connectivity index (χ0v) is 17.7. The molecule has 0 radical (unpaired) electrons. The fourth-order valence-electron chi connectivity index (χ4n) is 3.86. The van der Waals surface area contributed by atoms with E-state index >= 15 is 0 Å². The SMILES string of the molecule is CCCCCCCCCCCCCCCC(CC)N(CC)CCC=O. The lowest BCUT2D eigenvalue weighted by Crippen LogP contribution is -2.35. The van der Waals surface area contributed by atoms with Gasteiger partial charge >= 0.3 is 0 Å². The van der Waals surface area contributed by atoms with Crippen molar-refractivity contribution in [3.05, 3.63) is 0 Å². The van der Waals surface area contributed by atoms with Crippen molar-refractivity contribution in [1.29, 1.82) is 0 Å². The van der Waals surface area contributed by atoms with E-state index in [-0.39, 0.29) is 0 Å². The van der Waals surface area contributed by atoms with Gasteiger partial charge in [-0.1, -0.05) is 104 Å². The third-order valence-electron chi connectivity index (χ3n) is 5.57. The predicted molar refractivity (Wildman–Crippen MR) is 112 cm³/mol. The number of hydrogen-bond acceptors (Lipinski definition) is 2. The summed E-state index contributed by atoms with van der Waals surface area (Å²) in [5.74, 6) is 0. The molecule has 0 heterocycles. The molecule has 0 spiro atoms. The Hall–Kier alpha value is -0.370. The molecule has 0 aromatic rings. The maximum Gasteiger partial charge on any atom is 0.121 e. The Balaban J connectivity index is 3.44. The van der Waals surface area contributed by atoms with Crippen LogP contribution in [0.2, 0.25) is 0 Å². The molecule has 2 nitrogen and oxygen atoms in total. The molecule has 25 heavy (non-hydrogen) atoms. The van der Waals surface area contributed by atoms with Crippen LogP contribution in [-0.4, -0.2) is 30.3 Å². The molecular weight excluding hydrogens is 306 g/mol. The summed E-state index contributed by atoms with van der Waals surface area (Å²) >= 11 is 0. The fraction of sp³-hybridized carbons (Fsp3) is 0.957. The first-order valence-corrected chi connectivity index (χ1v) is 11.5. The van der Waals surface area contributed by atoms with E-state index in [0.717, 1.165) is 19.4 Å². The first-order chi connectivity index (χ1) is 12.3. The number of carbonyl (C=O) groups excluding carboxylic acids is 1. The van der Waals surface area contributed by atoms with Gasteiger partial charge < -0.3 is 9.69 Å². The van der Waals surface area contributed by atoms with Gasteiger partial charge in [0, 0.05) is 19.0 Å². The number of carbonyl (C=O) groups is 1. The van der Waals surface area contributed by atoms with Crippen LogP contribution in [0.3, 0.4) is 0 Å². The quantitative estimate of drug-likeness (QED) is 0.171. The summed E-state index contributed by atoms with van der Waals surface area (Å²) in [5, 5.41) is 0. The minimum atomic E-state index is 0.678. The largest absolute Gasteiger partial charge is 0.303 e. The van der Waals surface area contributed by atoms with Crippen molar-refractivity contribution in [3.8, 4) is 0 Å². The molecular formula is C23H47NO. The van der Waals surface area contributed by atoms with Gasteiger partial charge in [0.25, 0.3) is 0 Å². The average Bonchev–Trinajstić information content (AvgIpc) is 2.64. The maximum absolute atomic E-state index is 10.6. The lowest BCUT2D eigenvalue weighted by atomic mass is 10.0. The zero-order valence-electron chi connectivity index (χ0n) is 17.7. The van der Waals surface area contributed by atoms with Crippen LogP contribution < -0.4 is 0 Å². The molecule has 0 saturated carbocycles. The van der Waals surface area contributed by atoms with Gasteiger partial charge in [-0.15, -0.1) is 0 Å². The molecule has 1 unspecified atom stereocenters. The minimum Gasteiger partial charge on any atom is -0.303 e. The second-order valence-corrected chi connectivity index (χ2v) is 7.68. The van der Waals surface area contributed by atoms with Crippen LogP contribution in [-0.2, 0) is 4.79 Å². The van der Waals surface area contributed by atoms with Crippen LogP contribution in [0.15, 0.2) is 0 Å². The third-order valence-corrected chi connectivity index (χ3v) is 5.57. The topological polar surface area (TPSA) is 20.3 Å². The highest BCUT2D eigenvalue weighted by Crippen LogP contribution is 2.16.